The molecule has 3 N–H and O–H groups in total. The van der Waals surface area contributed by atoms with Gasteiger partial charge in [-0.1, -0.05) is 0 Å². The zero-order valence-electron chi connectivity index (χ0n) is 9.26. The van der Waals surface area contributed by atoms with E-state index in [-0.39, 0.29) is 13.2 Å². The molecule has 0 saturated carbocycles. The van der Waals surface area contributed by atoms with E-state index in [4.69, 9.17) is 10.5 Å². The quantitative estimate of drug-likeness (QED) is 0.827. The van der Waals surface area contributed by atoms with Crippen LogP contribution in [0.1, 0.15) is 19.4 Å². The van der Waals surface area contributed by atoms with Crippen LogP contribution < -0.4 is 10.5 Å². The predicted octanol–water partition coefficient (Wildman–Crippen LogP) is 1.57. The van der Waals surface area contributed by atoms with E-state index >= 15 is 0 Å². The summed E-state index contributed by atoms with van der Waals surface area (Å²) < 4.78 is 31.6. The predicted molar refractivity (Wildman–Crippen MR) is 56.0 cm³/mol. The van der Waals surface area contributed by atoms with Gasteiger partial charge in [0.2, 0.25) is 0 Å². The first-order valence-electron chi connectivity index (χ1n) is 4.86. The lowest BCUT2D eigenvalue weighted by Crippen LogP contribution is -2.28. The molecule has 0 aromatic heterocycles. The molecule has 5 heteroatoms. The van der Waals surface area contributed by atoms with Gasteiger partial charge in [-0.15, -0.1) is 0 Å². The van der Waals surface area contributed by atoms with Crippen molar-refractivity contribution in [2.75, 3.05) is 6.61 Å². The van der Waals surface area contributed by atoms with Crippen molar-refractivity contribution < 1.29 is 18.6 Å². The fourth-order valence-electron chi connectivity index (χ4n) is 1.12. The van der Waals surface area contributed by atoms with Crippen LogP contribution >= 0.6 is 0 Å². The average Bonchev–Trinajstić information content (AvgIpc) is 2.14. The molecule has 0 heterocycles. The van der Waals surface area contributed by atoms with Crippen molar-refractivity contribution in [3.05, 3.63) is 29.3 Å². The minimum absolute atomic E-state index is 0.0552. The molecule has 0 atom stereocenters. The van der Waals surface area contributed by atoms with E-state index in [2.05, 4.69) is 0 Å². The van der Waals surface area contributed by atoms with Crippen LogP contribution in [0.3, 0.4) is 0 Å². The first-order valence-corrected chi connectivity index (χ1v) is 4.86. The molecule has 0 bridgehead atoms. The Bertz CT molecular complexity index is 352. The molecule has 0 fully saturated rings. The van der Waals surface area contributed by atoms with Crippen LogP contribution in [-0.4, -0.2) is 17.3 Å². The summed E-state index contributed by atoms with van der Waals surface area (Å²) >= 11 is 0. The zero-order valence-corrected chi connectivity index (χ0v) is 9.26. The van der Waals surface area contributed by atoms with Crippen LogP contribution in [0.15, 0.2) is 12.1 Å². The molecule has 3 nitrogen and oxygen atoms in total. The fraction of sp³-hybridized carbons (Fsp3) is 0.455. The summed E-state index contributed by atoms with van der Waals surface area (Å²) in [5, 5.41) is 9.37. The highest BCUT2D eigenvalue weighted by Crippen LogP contribution is 2.24. The highest BCUT2D eigenvalue weighted by atomic mass is 19.1. The third-order valence-electron chi connectivity index (χ3n) is 1.86. The van der Waals surface area contributed by atoms with E-state index in [1.807, 2.05) is 0 Å². The number of ether oxygens (including phenoxy) is 1. The van der Waals surface area contributed by atoms with Crippen molar-refractivity contribution in [2.45, 2.75) is 26.0 Å². The van der Waals surface area contributed by atoms with Gasteiger partial charge in [0.1, 0.15) is 6.61 Å². The van der Waals surface area contributed by atoms with Gasteiger partial charge in [0.25, 0.3) is 0 Å². The second-order valence-electron chi connectivity index (χ2n) is 4.19. The molecule has 0 saturated heterocycles. The normalized spacial score (nSPS) is 11.6. The van der Waals surface area contributed by atoms with Crippen molar-refractivity contribution in [3.63, 3.8) is 0 Å². The van der Waals surface area contributed by atoms with Crippen LogP contribution in [-0.2, 0) is 6.54 Å². The van der Waals surface area contributed by atoms with Gasteiger partial charge in [0.15, 0.2) is 17.4 Å². The number of nitrogens with two attached hydrogens (primary N) is 1. The first-order chi connectivity index (χ1) is 7.33. The lowest BCUT2D eigenvalue weighted by molar-refractivity contribution is 0.0257. The Labute approximate surface area is 92.8 Å². The maximum atomic E-state index is 13.4. The monoisotopic (exact) mass is 231 g/mol. The van der Waals surface area contributed by atoms with E-state index in [1.165, 1.54) is 13.8 Å². The van der Waals surface area contributed by atoms with Crippen LogP contribution in [0.5, 0.6) is 5.75 Å². The minimum atomic E-state index is -1.15. The van der Waals surface area contributed by atoms with E-state index < -0.39 is 23.0 Å². The van der Waals surface area contributed by atoms with Crippen molar-refractivity contribution in [1.29, 1.82) is 0 Å². The summed E-state index contributed by atoms with van der Waals surface area (Å²) in [5.41, 5.74) is 4.47. The molecule has 1 rings (SSSR count). The number of hydrogen-bond acceptors (Lipinski definition) is 3. The number of aliphatic hydroxyl groups is 1. The summed E-state index contributed by atoms with van der Waals surface area (Å²) in [4.78, 5) is 0. The van der Waals surface area contributed by atoms with Gasteiger partial charge < -0.3 is 15.6 Å². The van der Waals surface area contributed by atoms with E-state index in [0.717, 1.165) is 12.1 Å². The average molecular weight is 231 g/mol. The molecule has 0 radical (unpaired) electrons. The minimum Gasteiger partial charge on any atom is -0.485 e. The Hall–Kier alpha value is -1.20. The SMILES string of the molecule is CC(C)(O)COc1c(F)cc(CN)cc1F. The highest BCUT2D eigenvalue weighted by molar-refractivity contribution is 5.31. The van der Waals surface area contributed by atoms with Gasteiger partial charge in [-0.25, -0.2) is 8.78 Å². The zero-order chi connectivity index (χ0) is 12.3. The molecule has 1 aromatic rings. The second-order valence-corrected chi connectivity index (χ2v) is 4.19. The molecule has 1 aromatic carbocycles. The van der Waals surface area contributed by atoms with Gasteiger partial charge in [-0.2, -0.15) is 0 Å². The van der Waals surface area contributed by atoms with Gasteiger partial charge in [0.05, 0.1) is 5.60 Å². The summed E-state index contributed by atoms with van der Waals surface area (Å²) in [6.45, 7) is 2.83. The summed E-state index contributed by atoms with van der Waals surface area (Å²) in [6.07, 6.45) is 0. The maximum Gasteiger partial charge on any atom is 0.190 e. The molecule has 0 aliphatic heterocycles. The van der Waals surface area contributed by atoms with Crippen molar-refractivity contribution in [2.24, 2.45) is 5.73 Å². The van der Waals surface area contributed by atoms with Gasteiger partial charge >= 0.3 is 0 Å². The van der Waals surface area contributed by atoms with Crippen LogP contribution in [0.2, 0.25) is 0 Å². The Balaban J connectivity index is 2.88. The van der Waals surface area contributed by atoms with Crippen molar-refractivity contribution >= 4 is 0 Å². The van der Waals surface area contributed by atoms with E-state index in [1.54, 1.807) is 0 Å². The third-order valence-corrected chi connectivity index (χ3v) is 1.86. The molecule has 0 unspecified atom stereocenters. The van der Waals surface area contributed by atoms with E-state index in [9.17, 15) is 13.9 Å². The molecule has 16 heavy (non-hydrogen) atoms. The molecule has 90 valence electrons. The molecule has 0 amide bonds. The number of halogens is 2. The first kappa shape index (κ1) is 12.9. The standard InChI is InChI=1S/C11H15F2NO2/c1-11(2,15)6-16-10-8(12)3-7(5-14)4-9(10)13/h3-4,15H,5-6,14H2,1-2H3. The number of hydrogen-bond donors (Lipinski definition) is 2. The van der Waals surface area contributed by atoms with Crippen molar-refractivity contribution in [3.8, 4) is 5.75 Å². The fourth-order valence-corrected chi connectivity index (χ4v) is 1.12. The van der Waals surface area contributed by atoms with Crippen LogP contribution in [0, 0.1) is 11.6 Å². The van der Waals surface area contributed by atoms with Crippen molar-refractivity contribution in [1.82, 2.24) is 0 Å². The summed E-state index contributed by atoms with van der Waals surface area (Å²) in [7, 11) is 0. The third kappa shape index (κ3) is 3.43. The van der Waals surface area contributed by atoms with Crippen LogP contribution in [0.4, 0.5) is 8.78 Å². The maximum absolute atomic E-state index is 13.4. The van der Waals surface area contributed by atoms with Gasteiger partial charge in [0, 0.05) is 6.54 Å². The van der Waals surface area contributed by atoms with Gasteiger partial charge in [-0.3, -0.25) is 0 Å². The summed E-state index contributed by atoms with van der Waals surface area (Å²) in [6, 6.07) is 2.23. The topological polar surface area (TPSA) is 55.5 Å². The van der Waals surface area contributed by atoms with E-state index in [0.29, 0.717) is 5.56 Å². The summed E-state index contributed by atoms with van der Waals surface area (Å²) in [5.74, 6) is -2.12. The lowest BCUT2D eigenvalue weighted by Gasteiger charge is -2.18. The second kappa shape index (κ2) is 4.76. The number of benzene rings is 1. The van der Waals surface area contributed by atoms with Crippen LogP contribution in [0.25, 0.3) is 0 Å². The number of rotatable bonds is 4. The Kier molecular flexibility index (Phi) is 3.83. The largest absolute Gasteiger partial charge is 0.485 e. The Morgan fingerprint density at radius 2 is 1.81 bits per heavy atom. The molecule has 0 aliphatic rings. The smallest absolute Gasteiger partial charge is 0.190 e. The molecular formula is C11H15F2NO2. The lowest BCUT2D eigenvalue weighted by atomic mass is 10.1. The van der Waals surface area contributed by atoms with Gasteiger partial charge in [-0.05, 0) is 31.5 Å². The molecule has 0 spiro atoms. The Morgan fingerprint density at radius 1 is 1.31 bits per heavy atom. The highest BCUT2D eigenvalue weighted by Gasteiger charge is 2.18. The Morgan fingerprint density at radius 3 is 2.19 bits per heavy atom. The molecular weight excluding hydrogens is 216 g/mol. The molecule has 0 aliphatic carbocycles.